The third-order valence-electron chi connectivity index (χ3n) is 4.34. The maximum atomic E-state index is 13.8. The summed E-state index contributed by atoms with van der Waals surface area (Å²) >= 11 is 0. The van der Waals surface area contributed by atoms with E-state index in [1.807, 2.05) is 13.2 Å². The Hall–Kier alpha value is -2.89. The lowest BCUT2D eigenvalue weighted by Gasteiger charge is -2.07. The predicted octanol–water partition coefficient (Wildman–Crippen LogP) is 3.30. The lowest BCUT2D eigenvalue weighted by molar-refractivity contribution is 0.102. The summed E-state index contributed by atoms with van der Waals surface area (Å²) in [6, 6.07) is 6.15. The molecule has 6 heteroatoms. The highest BCUT2D eigenvalue weighted by molar-refractivity contribution is 6.09. The van der Waals surface area contributed by atoms with E-state index >= 15 is 0 Å². The second-order valence-electron chi connectivity index (χ2n) is 6.02. The molecule has 0 atom stereocenters. The summed E-state index contributed by atoms with van der Waals surface area (Å²) in [5.41, 5.74) is 4.48. The standard InChI is InChI=1S/C18H17FN4O/c1-23-10-11-5-4-8-15-16(17(11)22-23)12(9-20-15)18(24)21-14-7-3-2-6-13(14)19/h2-3,6-7,9-10,20H,4-5,8H2,1H3,(H,21,24). The topological polar surface area (TPSA) is 62.7 Å². The van der Waals surface area contributed by atoms with Gasteiger partial charge in [0.2, 0.25) is 0 Å². The highest BCUT2D eigenvalue weighted by atomic mass is 19.1. The maximum absolute atomic E-state index is 13.8. The summed E-state index contributed by atoms with van der Waals surface area (Å²) in [4.78, 5) is 15.9. The van der Waals surface area contributed by atoms with Crippen LogP contribution in [-0.2, 0) is 19.9 Å². The Labute approximate surface area is 138 Å². The van der Waals surface area contributed by atoms with Gasteiger partial charge in [-0.3, -0.25) is 9.48 Å². The van der Waals surface area contributed by atoms with Crippen LogP contribution in [0.15, 0.2) is 36.7 Å². The Morgan fingerprint density at radius 2 is 2.17 bits per heavy atom. The monoisotopic (exact) mass is 324 g/mol. The van der Waals surface area contributed by atoms with Crippen LogP contribution in [-0.4, -0.2) is 20.7 Å². The molecule has 0 saturated heterocycles. The molecule has 0 radical (unpaired) electrons. The second kappa shape index (κ2) is 5.63. The van der Waals surface area contributed by atoms with Gasteiger partial charge in [0.1, 0.15) is 5.82 Å². The molecule has 0 aliphatic heterocycles. The van der Waals surface area contributed by atoms with Crippen LogP contribution >= 0.6 is 0 Å². The van der Waals surface area contributed by atoms with Gasteiger partial charge in [0.05, 0.1) is 16.9 Å². The van der Waals surface area contributed by atoms with Crippen LogP contribution in [0.2, 0.25) is 0 Å². The van der Waals surface area contributed by atoms with Crippen molar-refractivity contribution in [2.75, 3.05) is 5.32 Å². The van der Waals surface area contributed by atoms with E-state index in [2.05, 4.69) is 15.4 Å². The third kappa shape index (κ3) is 2.40. The molecule has 1 amide bonds. The minimum atomic E-state index is -0.453. The molecule has 1 aliphatic rings. The van der Waals surface area contributed by atoms with Crippen LogP contribution < -0.4 is 5.32 Å². The van der Waals surface area contributed by atoms with Gasteiger partial charge >= 0.3 is 0 Å². The van der Waals surface area contributed by atoms with Crippen molar-refractivity contribution in [3.8, 4) is 11.3 Å². The second-order valence-corrected chi connectivity index (χ2v) is 6.02. The zero-order chi connectivity index (χ0) is 16.7. The van der Waals surface area contributed by atoms with Gasteiger partial charge in [0.15, 0.2) is 0 Å². The van der Waals surface area contributed by atoms with E-state index in [0.717, 1.165) is 41.8 Å². The minimum absolute atomic E-state index is 0.173. The Morgan fingerprint density at radius 1 is 1.33 bits per heavy atom. The summed E-state index contributed by atoms with van der Waals surface area (Å²) in [7, 11) is 1.88. The number of fused-ring (bicyclic) bond motifs is 3. The summed E-state index contributed by atoms with van der Waals surface area (Å²) in [5, 5.41) is 7.19. The average Bonchev–Trinajstić information content (AvgIpc) is 3.09. The van der Waals surface area contributed by atoms with Crippen molar-refractivity contribution in [1.29, 1.82) is 0 Å². The molecule has 2 heterocycles. The fraction of sp³-hybridized carbons (Fsp3) is 0.222. The smallest absolute Gasteiger partial charge is 0.257 e. The van der Waals surface area contributed by atoms with Crippen molar-refractivity contribution in [2.45, 2.75) is 19.3 Å². The van der Waals surface area contributed by atoms with Crippen LogP contribution in [0.25, 0.3) is 11.3 Å². The number of carbonyl (C=O) groups is 1. The molecule has 122 valence electrons. The normalized spacial score (nSPS) is 13.1. The number of amides is 1. The number of para-hydroxylation sites is 1. The molecule has 5 nitrogen and oxygen atoms in total. The number of H-pyrrole nitrogens is 1. The van der Waals surface area contributed by atoms with Gasteiger partial charge < -0.3 is 10.3 Å². The largest absolute Gasteiger partial charge is 0.364 e. The van der Waals surface area contributed by atoms with Gasteiger partial charge in [-0.15, -0.1) is 0 Å². The van der Waals surface area contributed by atoms with Crippen molar-refractivity contribution in [3.63, 3.8) is 0 Å². The molecule has 0 bridgehead atoms. The number of aromatic nitrogens is 3. The molecule has 2 N–H and O–H groups in total. The summed E-state index contributed by atoms with van der Waals surface area (Å²) in [5.74, 6) is -0.790. The maximum Gasteiger partial charge on any atom is 0.257 e. The minimum Gasteiger partial charge on any atom is -0.364 e. The van der Waals surface area contributed by atoms with Crippen LogP contribution in [0.5, 0.6) is 0 Å². The van der Waals surface area contributed by atoms with E-state index in [-0.39, 0.29) is 11.6 Å². The van der Waals surface area contributed by atoms with E-state index in [0.29, 0.717) is 5.56 Å². The molecular weight excluding hydrogens is 307 g/mol. The summed E-state index contributed by atoms with van der Waals surface area (Å²) in [6.07, 6.45) is 6.48. The number of hydrogen-bond donors (Lipinski definition) is 2. The number of aryl methyl sites for hydroxylation is 3. The number of benzene rings is 1. The zero-order valence-electron chi connectivity index (χ0n) is 13.3. The van der Waals surface area contributed by atoms with Gasteiger partial charge in [-0.2, -0.15) is 5.10 Å². The van der Waals surface area contributed by atoms with Crippen molar-refractivity contribution in [3.05, 3.63) is 59.3 Å². The van der Waals surface area contributed by atoms with Crippen LogP contribution in [0.3, 0.4) is 0 Å². The number of hydrogen-bond acceptors (Lipinski definition) is 2. The molecule has 0 unspecified atom stereocenters. The fourth-order valence-electron chi connectivity index (χ4n) is 3.25. The number of carbonyl (C=O) groups excluding carboxylic acids is 1. The van der Waals surface area contributed by atoms with Crippen LogP contribution in [0, 0.1) is 5.82 Å². The van der Waals surface area contributed by atoms with Crippen molar-refractivity contribution in [2.24, 2.45) is 7.05 Å². The first-order valence-electron chi connectivity index (χ1n) is 7.92. The molecule has 0 saturated carbocycles. The van der Waals surface area contributed by atoms with E-state index in [9.17, 15) is 9.18 Å². The fourth-order valence-corrected chi connectivity index (χ4v) is 3.25. The SMILES string of the molecule is Cn1cc2c(n1)-c1c(C(=O)Nc3ccccc3F)c[nH]c1CCC2. The lowest BCUT2D eigenvalue weighted by atomic mass is 10.0. The lowest BCUT2D eigenvalue weighted by Crippen LogP contribution is -2.13. The van der Waals surface area contributed by atoms with Gasteiger partial charge in [-0.25, -0.2) is 4.39 Å². The first-order chi connectivity index (χ1) is 11.6. The number of nitrogens with one attached hydrogen (secondary N) is 2. The van der Waals surface area contributed by atoms with E-state index in [1.54, 1.807) is 29.1 Å². The third-order valence-corrected chi connectivity index (χ3v) is 4.34. The molecule has 0 spiro atoms. The number of rotatable bonds is 2. The molecule has 24 heavy (non-hydrogen) atoms. The van der Waals surface area contributed by atoms with E-state index in [4.69, 9.17) is 0 Å². The van der Waals surface area contributed by atoms with Crippen molar-refractivity contribution in [1.82, 2.24) is 14.8 Å². The Balaban J connectivity index is 1.75. The predicted molar refractivity (Wildman–Crippen MR) is 89.4 cm³/mol. The van der Waals surface area contributed by atoms with E-state index < -0.39 is 5.82 Å². The summed E-state index contributed by atoms with van der Waals surface area (Å²) in [6.45, 7) is 0. The highest BCUT2D eigenvalue weighted by Gasteiger charge is 2.25. The van der Waals surface area contributed by atoms with Crippen LogP contribution in [0.4, 0.5) is 10.1 Å². The molecule has 3 aromatic rings. The highest BCUT2D eigenvalue weighted by Crippen LogP contribution is 2.34. The molecule has 0 fully saturated rings. The number of anilines is 1. The van der Waals surface area contributed by atoms with Gasteiger partial charge in [0.25, 0.3) is 5.91 Å². The number of aromatic amines is 1. The molecule has 1 aliphatic carbocycles. The Bertz CT molecular complexity index is 925. The van der Waals surface area contributed by atoms with Gasteiger partial charge in [-0.1, -0.05) is 12.1 Å². The molecular formula is C18H17FN4O. The average molecular weight is 324 g/mol. The molecule has 2 aromatic heterocycles. The zero-order valence-corrected chi connectivity index (χ0v) is 13.3. The Morgan fingerprint density at radius 3 is 3.00 bits per heavy atom. The quantitative estimate of drug-likeness (QED) is 0.760. The van der Waals surface area contributed by atoms with Gasteiger partial charge in [-0.05, 0) is 37.0 Å². The molecule has 4 rings (SSSR count). The van der Waals surface area contributed by atoms with Crippen molar-refractivity contribution < 1.29 is 9.18 Å². The Kier molecular flexibility index (Phi) is 3.45. The van der Waals surface area contributed by atoms with Crippen molar-refractivity contribution >= 4 is 11.6 Å². The first kappa shape index (κ1) is 14.7. The molecule has 1 aromatic carbocycles. The first-order valence-corrected chi connectivity index (χ1v) is 7.92. The van der Waals surface area contributed by atoms with E-state index in [1.165, 1.54) is 6.07 Å². The van der Waals surface area contributed by atoms with Crippen LogP contribution in [0.1, 0.15) is 28.0 Å². The summed E-state index contributed by atoms with van der Waals surface area (Å²) < 4.78 is 15.6. The number of nitrogens with zero attached hydrogens (tertiary/aromatic N) is 2. The number of halogens is 1. The van der Waals surface area contributed by atoms with Gasteiger partial charge in [0, 0.05) is 30.7 Å².